The number of nitrogens with zero attached hydrogens (tertiary/aromatic N) is 1. The standard InChI is InChI=1S/C12H17ClN2O2/c1-8-5-9(6-10(13)15-8)7-14-11(16)17-12(2,3)4/h5-6H,7H2,1-4H3,(H,14,16). The summed E-state index contributed by atoms with van der Waals surface area (Å²) < 4.78 is 5.12. The Morgan fingerprint density at radius 3 is 2.65 bits per heavy atom. The van der Waals surface area contributed by atoms with E-state index in [0.29, 0.717) is 11.7 Å². The molecule has 1 amide bonds. The quantitative estimate of drug-likeness (QED) is 0.828. The number of aryl methyl sites for hydroxylation is 1. The van der Waals surface area contributed by atoms with Gasteiger partial charge in [-0.2, -0.15) is 0 Å². The number of hydrogen-bond acceptors (Lipinski definition) is 3. The van der Waals surface area contributed by atoms with Gasteiger partial charge in [-0.15, -0.1) is 0 Å². The van der Waals surface area contributed by atoms with Crippen molar-refractivity contribution in [3.05, 3.63) is 28.5 Å². The Morgan fingerprint density at radius 1 is 1.47 bits per heavy atom. The summed E-state index contributed by atoms with van der Waals surface area (Å²) in [4.78, 5) is 15.5. The number of carbonyl (C=O) groups excluding carboxylic acids is 1. The zero-order valence-corrected chi connectivity index (χ0v) is 11.3. The zero-order chi connectivity index (χ0) is 13.1. The molecule has 0 aromatic carbocycles. The number of nitrogens with one attached hydrogen (secondary N) is 1. The fraction of sp³-hybridized carbons (Fsp3) is 0.500. The van der Waals surface area contributed by atoms with Crippen LogP contribution in [0.4, 0.5) is 4.79 Å². The summed E-state index contributed by atoms with van der Waals surface area (Å²) in [5.74, 6) is 0. The van der Waals surface area contributed by atoms with Gasteiger partial charge >= 0.3 is 6.09 Å². The maximum Gasteiger partial charge on any atom is 0.407 e. The normalized spacial score (nSPS) is 11.1. The minimum atomic E-state index is -0.490. The minimum Gasteiger partial charge on any atom is -0.444 e. The van der Waals surface area contributed by atoms with Crippen LogP contribution in [0, 0.1) is 6.92 Å². The van der Waals surface area contributed by atoms with Gasteiger partial charge in [-0.1, -0.05) is 11.6 Å². The summed E-state index contributed by atoms with van der Waals surface area (Å²) >= 11 is 5.82. The molecule has 0 aliphatic heterocycles. The maximum atomic E-state index is 11.4. The maximum absolute atomic E-state index is 11.4. The number of pyridine rings is 1. The predicted molar refractivity (Wildman–Crippen MR) is 67.1 cm³/mol. The highest BCUT2D eigenvalue weighted by molar-refractivity contribution is 6.29. The lowest BCUT2D eigenvalue weighted by molar-refractivity contribution is 0.0523. The molecule has 0 aliphatic rings. The van der Waals surface area contributed by atoms with E-state index in [0.717, 1.165) is 11.3 Å². The second-order valence-corrected chi connectivity index (χ2v) is 5.18. The Bertz CT molecular complexity index is 393. The molecule has 0 saturated carbocycles. The average molecular weight is 257 g/mol. The first-order valence-corrected chi connectivity index (χ1v) is 5.74. The highest BCUT2D eigenvalue weighted by atomic mass is 35.5. The number of rotatable bonds is 2. The molecule has 1 N–H and O–H groups in total. The van der Waals surface area contributed by atoms with Crippen LogP contribution in [0.1, 0.15) is 32.0 Å². The van der Waals surface area contributed by atoms with Crippen molar-refractivity contribution in [2.75, 3.05) is 0 Å². The van der Waals surface area contributed by atoms with Crippen molar-refractivity contribution in [2.45, 2.75) is 39.8 Å². The molecule has 1 rings (SSSR count). The Balaban J connectivity index is 2.53. The summed E-state index contributed by atoms with van der Waals surface area (Å²) in [7, 11) is 0. The second kappa shape index (κ2) is 5.36. The molecular formula is C12H17ClN2O2. The molecule has 0 saturated heterocycles. The number of amides is 1. The molecule has 17 heavy (non-hydrogen) atoms. The molecule has 0 radical (unpaired) electrons. The molecule has 0 spiro atoms. The number of halogens is 1. The molecule has 0 unspecified atom stereocenters. The van der Waals surface area contributed by atoms with Gasteiger partial charge in [-0.25, -0.2) is 9.78 Å². The first kappa shape index (κ1) is 13.8. The van der Waals surface area contributed by atoms with E-state index < -0.39 is 11.7 Å². The van der Waals surface area contributed by atoms with Crippen LogP contribution in [0.3, 0.4) is 0 Å². The van der Waals surface area contributed by atoms with E-state index in [-0.39, 0.29) is 0 Å². The zero-order valence-electron chi connectivity index (χ0n) is 10.5. The van der Waals surface area contributed by atoms with Crippen molar-refractivity contribution in [3.8, 4) is 0 Å². The van der Waals surface area contributed by atoms with E-state index in [4.69, 9.17) is 16.3 Å². The Kier molecular flexibility index (Phi) is 4.34. The molecule has 0 bridgehead atoms. The third-order valence-corrected chi connectivity index (χ3v) is 2.01. The molecule has 0 atom stereocenters. The number of aromatic nitrogens is 1. The minimum absolute atomic E-state index is 0.373. The van der Waals surface area contributed by atoms with Crippen LogP contribution in [0.15, 0.2) is 12.1 Å². The number of carbonyl (C=O) groups is 1. The first-order chi connectivity index (χ1) is 7.76. The Morgan fingerprint density at radius 2 is 2.12 bits per heavy atom. The van der Waals surface area contributed by atoms with Gasteiger partial charge in [0.05, 0.1) is 0 Å². The first-order valence-electron chi connectivity index (χ1n) is 5.36. The summed E-state index contributed by atoms with van der Waals surface area (Å²) in [5, 5.41) is 3.08. The van der Waals surface area contributed by atoms with Crippen LogP contribution in [0.25, 0.3) is 0 Å². The highest BCUT2D eigenvalue weighted by Crippen LogP contribution is 2.11. The Labute approximate surface area is 106 Å². The SMILES string of the molecule is Cc1cc(CNC(=O)OC(C)(C)C)cc(Cl)n1. The van der Waals surface area contributed by atoms with Crippen molar-refractivity contribution in [1.82, 2.24) is 10.3 Å². The molecule has 1 aromatic heterocycles. The van der Waals surface area contributed by atoms with Crippen LogP contribution >= 0.6 is 11.6 Å². The lowest BCUT2D eigenvalue weighted by Gasteiger charge is -2.19. The number of ether oxygens (including phenoxy) is 1. The summed E-state index contributed by atoms with van der Waals surface area (Å²) in [6.07, 6.45) is -0.442. The van der Waals surface area contributed by atoms with Gasteiger partial charge in [0, 0.05) is 12.2 Å². The molecule has 0 fully saturated rings. The molecule has 5 heteroatoms. The van der Waals surface area contributed by atoms with Crippen molar-refractivity contribution < 1.29 is 9.53 Å². The molecule has 1 heterocycles. The fourth-order valence-electron chi connectivity index (χ4n) is 1.29. The number of hydrogen-bond donors (Lipinski definition) is 1. The van der Waals surface area contributed by atoms with Gasteiger partial charge in [0.15, 0.2) is 0 Å². The van der Waals surface area contributed by atoms with E-state index in [9.17, 15) is 4.79 Å². The van der Waals surface area contributed by atoms with Gasteiger partial charge < -0.3 is 10.1 Å². The summed E-state index contributed by atoms with van der Waals surface area (Å²) in [6.45, 7) is 7.68. The van der Waals surface area contributed by atoms with Gasteiger partial charge in [-0.05, 0) is 45.4 Å². The van der Waals surface area contributed by atoms with Crippen molar-refractivity contribution in [3.63, 3.8) is 0 Å². The largest absolute Gasteiger partial charge is 0.444 e. The van der Waals surface area contributed by atoms with E-state index in [1.807, 2.05) is 33.8 Å². The number of alkyl carbamates (subject to hydrolysis) is 1. The summed E-state index contributed by atoms with van der Waals surface area (Å²) in [5.41, 5.74) is 1.22. The molecular weight excluding hydrogens is 240 g/mol. The monoisotopic (exact) mass is 256 g/mol. The van der Waals surface area contributed by atoms with Gasteiger partial charge in [-0.3, -0.25) is 0 Å². The lowest BCUT2D eigenvalue weighted by Crippen LogP contribution is -2.32. The second-order valence-electron chi connectivity index (χ2n) is 4.79. The smallest absolute Gasteiger partial charge is 0.407 e. The van der Waals surface area contributed by atoms with Crippen LogP contribution in [-0.2, 0) is 11.3 Å². The summed E-state index contributed by atoms with van der Waals surface area (Å²) in [6, 6.07) is 3.58. The van der Waals surface area contributed by atoms with Crippen molar-refractivity contribution in [1.29, 1.82) is 0 Å². The predicted octanol–water partition coefficient (Wildman–Crippen LogP) is 3.07. The third-order valence-electron chi connectivity index (χ3n) is 1.82. The average Bonchev–Trinajstić information content (AvgIpc) is 2.10. The molecule has 1 aromatic rings. The van der Waals surface area contributed by atoms with Gasteiger partial charge in [0.2, 0.25) is 0 Å². The topological polar surface area (TPSA) is 51.2 Å². The fourth-order valence-corrected chi connectivity index (χ4v) is 1.56. The molecule has 4 nitrogen and oxygen atoms in total. The van der Waals surface area contributed by atoms with Gasteiger partial charge in [0.1, 0.15) is 10.8 Å². The molecule has 0 aliphatic carbocycles. The van der Waals surface area contributed by atoms with E-state index in [1.54, 1.807) is 6.07 Å². The van der Waals surface area contributed by atoms with E-state index in [2.05, 4.69) is 10.3 Å². The van der Waals surface area contributed by atoms with Crippen LogP contribution in [0.2, 0.25) is 5.15 Å². The van der Waals surface area contributed by atoms with Gasteiger partial charge in [0.25, 0.3) is 0 Å². The Hall–Kier alpha value is -1.29. The van der Waals surface area contributed by atoms with Crippen LogP contribution < -0.4 is 5.32 Å². The molecule has 94 valence electrons. The van der Waals surface area contributed by atoms with Crippen molar-refractivity contribution >= 4 is 17.7 Å². The lowest BCUT2D eigenvalue weighted by atomic mass is 10.2. The highest BCUT2D eigenvalue weighted by Gasteiger charge is 2.15. The van der Waals surface area contributed by atoms with Crippen LogP contribution in [0.5, 0.6) is 0 Å². The third kappa shape index (κ3) is 5.54. The van der Waals surface area contributed by atoms with Crippen LogP contribution in [-0.4, -0.2) is 16.7 Å². The van der Waals surface area contributed by atoms with E-state index >= 15 is 0 Å². The van der Waals surface area contributed by atoms with E-state index in [1.165, 1.54) is 0 Å². The van der Waals surface area contributed by atoms with Crippen molar-refractivity contribution in [2.24, 2.45) is 0 Å².